The van der Waals surface area contributed by atoms with Crippen molar-refractivity contribution in [3.8, 4) is 11.8 Å². The van der Waals surface area contributed by atoms with Gasteiger partial charge in [-0.25, -0.2) is 9.59 Å². The third kappa shape index (κ3) is 6.39. The summed E-state index contributed by atoms with van der Waals surface area (Å²) in [6.45, 7) is 8.24. The highest BCUT2D eigenvalue weighted by Gasteiger charge is 2.31. The number of aryl methyl sites for hydroxylation is 1. The zero-order chi connectivity index (χ0) is 26.7. The second-order valence-corrected chi connectivity index (χ2v) is 10.3. The number of benzene rings is 1. The number of hydrogen-bond acceptors (Lipinski definition) is 7. The number of fused-ring (bicyclic) bond motifs is 1. The van der Waals surface area contributed by atoms with E-state index in [0.717, 1.165) is 12.1 Å². The van der Waals surface area contributed by atoms with Crippen molar-refractivity contribution in [2.24, 2.45) is 7.05 Å². The number of morpholine rings is 1. The van der Waals surface area contributed by atoms with Gasteiger partial charge in [0.1, 0.15) is 11.6 Å². The fourth-order valence-corrected chi connectivity index (χ4v) is 4.48. The van der Waals surface area contributed by atoms with Crippen LogP contribution in [0.4, 0.5) is 4.79 Å². The van der Waals surface area contributed by atoms with Crippen LogP contribution in [0.3, 0.4) is 0 Å². The summed E-state index contributed by atoms with van der Waals surface area (Å²) in [5.74, 6) is 5.56. The van der Waals surface area contributed by atoms with E-state index in [1.807, 2.05) is 32.9 Å². The summed E-state index contributed by atoms with van der Waals surface area (Å²) in [7, 11) is 1.66. The number of rotatable bonds is 4. The first-order chi connectivity index (χ1) is 17.5. The molecule has 2 N–H and O–H groups in total. The van der Waals surface area contributed by atoms with E-state index in [0.29, 0.717) is 43.7 Å². The number of nitrogens with zero attached hydrogens (tertiary/aromatic N) is 3. The maximum Gasteiger partial charge on any atom is 0.407 e. The summed E-state index contributed by atoms with van der Waals surface area (Å²) in [5, 5.41) is 5.06. The Bertz CT molecular complexity index is 1330. The van der Waals surface area contributed by atoms with Crippen molar-refractivity contribution in [2.75, 3.05) is 32.8 Å². The molecule has 0 bridgehead atoms. The van der Waals surface area contributed by atoms with Gasteiger partial charge in [0.15, 0.2) is 0 Å². The van der Waals surface area contributed by atoms with Gasteiger partial charge >= 0.3 is 11.8 Å². The molecule has 2 aromatic rings. The second-order valence-electron chi connectivity index (χ2n) is 10.3. The van der Waals surface area contributed by atoms with Gasteiger partial charge in [-0.05, 0) is 45.4 Å². The number of carbonyl (C=O) groups excluding carboxylic acids is 3. The largest absolute Gasteiger partial charge is 0.444 e. The van der Waals surface area contributed by atoms with Crippen molar-refractivity contribution in [2.45, 2.75) is 51.4 Å². The van der Waals surface area contributed by atoms with E-state index < -0.39 is 23.6 Å². The average Bonchev–Trinajstić information content (AvgIpc) is 3.07. The average molecular weight is 512 g/mol. The van der Waals surface area contributed by atoms with Crippen molar-refractivity contribution in [1.29, 1.82) is 0 Å². The quantitative estimate of drug-likeness (QED) is 0.462. The van der Waals surface area contributed by atoms with Crippen LogP contribution in [-0.2, 0) is 26.1 Å². The third-order valence-corrected chi connectivity index (χ3v) is 6.24. The Hall–Kier alpha value is -3.62. The summed E-state index contributed by atoms with van der Waals surface area (Å²) >= 11 is 0. The van der Waals surface area contributed by atoms with E-state index >= 15 is 0 Å². The molecule has 2 atom stereocenters. The molecule has 11 heteroatoms. The minimum Gasteiger partial charge on any atom is -0.444 e. The van der Waals surface area contributed by atoms with Crippen LogP contribution in [0.5, 0.6) is 0 Å². The van der Waals surface area contributed by atoms with E-state index in [1.54, 1.807) is 13.1 Å². The molecule has 3 amide bonds. The monoisotopic (exact) mass is 511 g/mol. The van der Waals surface area contributed by atoms with Crippen LogP contribution in [0.15, 0.2) is 23.0 Å². The summed E-state index contributed by atoms with van der Waals surface area (Å²) in [5.41, 5.74) is 1.18. The van der Waals surface area contributed by atoms with Gasteiger partial charge in [-0.15, -0.1) is 0 Å². The van der Waals surface area contributed by atoms with E-state index in [-0.39, 0.29) is 24.1 Å². The number of carbonyl (C=O) groups is 3. The second kappa shape index (κ2) is 10.8. The standard InChI is InChI=1S/C26H33N5O6/c1-26(2,3)37-24(34)27-15-18-16-30(12-13-36-18)11-5-6-17-7-8-19-21(14-17)29(4)25(35)31(19)20-9-10-22(32)28-23(20)33/h7-8,14,18,20H,9-13,15-16H2,1-4H3,(H,27,34)(H,28,32,33)/t18-,20?/m0/s1. The summed E-state index contributed by atoms with van der Waals surface area (Å²) in [6.07, 6.45) is -0.133. The molecular weight excluding hydrogens is 478 g/mol. The number of alkyl carbamates (subject to hydrolysis) is 1. The zero-order valence-electron chi connectivity index (χ0n) is 21.6. The predicted octanol–water partition coefficient (Wildman–Crippen LogP) is 0.895. The Morgan fingerprint density at radius 3 is 2.76 bits per heavy atom. The minimum atomic E-state index is -0.718. The number of ether oxygens (including phenoxy) is 2. The highest BCUT2D eigenvalue weighted by Crippen LogP contribution is 2.23. The number of imidazole rings is 1. The lowest BCUT2D eigenvalue weighted by Gasteiger charge is -2.31. The number of piperidine rings is 1. The molecule has 4 rings (SSSR count). The van der Waals surface area contributed by atoms with Crippen LogP contribution in [0.2, 0.25) is 0 Å². The molecule has 37 heavy (non-hydrogen) atoms. The summed E-state index contributed by atoms with van der Waals surface area (Å²) < 4.78 is 14.0. The van der Waals surface area contributed by atoms with Crippen molar-refractivity contribution >= 4 is 28.9 Å². The fourth-order valence-electron chi connectivity index (χ4n) is 4.48. The van der Waals surface area contributed by atoms with Gasteiger partial charge < -0.3 is 14.8 Å². The van der Waals surface area contributed by atoms with Gasteiger partial charge in [0.05, 0.1) is 30.3 Å². The number of hydrogen-bond donors (Lipinski definition) is 2. The van der Waals surface area contributed by atoms with Crippen molar-refractivity contribution in [3.63, 3.8) is 0 Å². The maximum atomic E-state index is 12.9. The molecule has 0 spiro atoms. The molecule has 2 fully saturated rings. The number of amides is 3. The number of imide groups is 1. The van der Waals surface area contributed by atoms with Crippen LogP contribution >= 0.6 is 0 Å². The highest BCUT2D eigenvalue weighted by molar-refractivity contribution is 6.00. The van der Waals surface area contributed by atoms with Gasteiger partial charge in [0.25, 0.3) is 0 Å². The molecule has 1 unspecified atom stereocenters. The molecule has 0 saturated carbocycles. The normalized spacial score (nSPS) is 20.8. The first-order valence-electron chi connectivity index (χ1n) is 12.4. The van der Waals surface area contributed by atoms with Gasteiger partial charge in [-0.3, -0.25) is 28.9 Å². The lowest BCUT2D eigenvalue weighted by Crippen LogP contribution is -2.48. The summed E-state index contributed by atoms with van der Waals surface area (Å²) in [4.78, 5) is 50.8. The Kier molecular flexibility index (Phi) is 7.71. The van der Waals surface area contributed by atoms with Crippen molar-refractivity contribution in [1.82, 2.24) is 24.7 Å². The van der Waals surface area contributed by atoms with Crippen LogP contribution < -0.4 is 16.3 Å². The van der Waals surface area contributed by atoms with Gasteiger partial charge in [-0.2, -0.15) is 0 Å². The fraction of sp³-hybridized carbons (Fsp3) is 0.538. The van der Waals surface area contributed by atoms with Crippen molar-refractivity contribution in [3.05, 3.63) is 34.2 Å². The number of nitrogens with one attached hydrogen (secondary N) is 2. The highest BCUT2D eigenvalue weighted by atomic mass is 16.6. The third-order valence-electron chi connectivity index (χ3n) is 6.24. The minimum absolute atomic E-state index is 0.152. The van der Waals surface area contributed by atoms with E-state index in [1.165, 1.54) is 9.13 Å². The van der Waals surface area contributed by atoms with Gasteiger partial charge in [0, 0.05) is 38.7 Å². The molecule has 1 aromatic heterocycles. The van der Waals surface area contributed by atoms with Crippen LogP contribution in [-0.4, -0.2) is 76.4 Å². The van der Waals surface area contributed by atoms with Crippen LogP contribution in [0.25, 0.3) is 11.0 Å². The van der Waals surface area contributed by atoms with Crippen molar-refractivity contribution < 1.29 is 23.9 Å². The smallest absolute Gasteiger partial charge is 0.407 e. The Morgan fingerprint density at radius 1 is 1.24 bits per heavy atom. The molecule has 2 aliphatic heterocycles. The lowest BCUT2D eigenvalue weighted by atomic mass is 10.1. The van der Waals surface area contributed by atoms with E-state index in [4.69, 9.17) is 9.47 Å². The Morgan fingerprint density at radius 2 is 2.03 bits per heavy atom. The Labute approximate surface area is 215 Å². The Balaban J connectivity index is 1.39. The molecule has 3 heterocycles. The maximum absolute atomic E-state index is 12.9. The van der Waals surface area contributed by atoms with Gasteiger partial charge in [-0.1, -0.05) is 11.8 Å². The lowest BCUT2D eigenvalue weighted by molar-refractivity contribution is -0.135. The topological polar surface area (TPSA) is 124 Å². The molecule has 0 aliphatic carbocycles. The SMILES string of the molecule is Cn1c(=O)n(C2CCC(=O)NC2=O)c2ccc(C#CCN3CCO[C@@H](CNC(=O)OC(C)(C)C)C3)cc21. The van der Waals surface area contributed by atoms with Gasteiger partial charge in [0.2, 0.25) is 11.8 Å². The summed E-state index contributed by atoms with van der Waals surface area (Å²) in [6, 6.07) is 4.73. The molecule has 0 radical (unpaired) electrons. The molecule has 2 aliphatic rings. The first-order valence-corrected chi connectivity index (χ1v) is 12.4. The molecule has 1 aromatic carbocycles. The molecule has 11 nitrogen and oxygen atoms in total. The number of aromatic nitrogens is 2. The van der Waals surface area contributed by atoms with E-state index in [2.05, 4.69) is 27.4 Å². The first kappa shape index (κ1) is 26.4. The molecule has 2 saturated heterocycles. The van der Waals surface area contributed by atoms with Crippen LogP contribution in [0.1, 0.15) is 45.2 Å². The molecular formula is C26H33N5O6. The predicted molar refractivity (Wildman–Crippen MR) is 136 cm³/mol. The van der Waals surface area contributed by atoms with Crippen LogP contribution in [0, 0.1) is 11.8 Å². The zero-order valence-corrected chi connectivity index (χ0v) is 21.6. The molecule has 198 valence electrons. The van der Waals surface area contributed by atoms with E-state index in [9.17, 15) is 19.2 Å².